The molecule has 4 heterocycles. The molecule has 1 aromatic carbocycles. The van der Waals surface area contributed by atoms with E-state index in [1.54, 1.807) is 11.8 Å². The molecule has 0 bridgehead atoms. The summed E-state index contributed by atoms with van der Waals surface area (Å²) >= 11 is 1.43. The van der Waals surface area contributed by atoms with E-state index in [1.165, 1.54) is 28.0 Å². The summed E-state index contributed by atoms with van der Waals surface area (Å²) in [6.07, 6.45) is 5.27. The number of nitrogens with one attached hydrogen (secondary N) is 1. The van der Waals surface area contributed by atoms with Crippen molar-refractivity contribution >= 4 is 45.2 Å². The van der Waals surface area contributed by atoms with Crippen molar-refractivity contribution in [3.05, 3.63) is 46.9 Å². The van der Waals surface area contributed by atoms with Crippen LogP contribution in [0.25, 0.3) is 16.0 Å². The van der Waals surface area contributed by atoms with Crippen LogP contribution in [-0.2, 0) is 4.79 Å². The fourth-order valence-corrected chi connectivity index (χ4v) is 4.78. The van der Waals surface area contributed by atoms with E-state index in [9.17, 15) is 4.79 Å². The van der Waals surface area contributed by atoms with Gasteiger partial charge in [0.2, 0.25) is 11.9 Å². The normalized spacial score (nSPS) is 16.1. The number of anilines is 3. The first kappa shape index (κ1) is 20.4. The van der Waals surface area contributed by atoms with Crippen molar-refractivity contribution in [2.75, 3.05) is 16.8 Å². The molecule has 1 atom stereocenters. The van der Waals surface area contributed by atoms with Crippen LogP contribution in [0.15, 0.2) is 30.2 Å². The van der Waals surface area contributed by atoms with Crippen LogP contribution in [0.3, 0.4) is 0 Å². The van der Waals surface area contributed by atoms with Crippen LogP contribution in [-0.4, -0.2) is 43.0 Å². The lowest BCUT2D eigenvalue weighted by Crippen LogP contribution is -2.41. The van der Waals surface area contributed by atoms with Gasteiger partial charge in [-0.2, -0.15) is 9.97 Å². The summed E-state index contributed by atoms with van der Waals surface area (Å²) in [5, 5.41) is 3.21. The molecule has 0 saturated carbocycles. The maximum absolute atomic E-state index is 11.9. The monoisotopic (exact) mass is 448 g/mol. The molecule has 1 aliphatic heterocycles. The van der Waals surface area contributed by atoms with Crippen LogP contribution < -0.4 is 16.0 Å². The third-order valence-corrected chi connectivity index (χ3v) is 6.78. The number of aryl methyl sites for hydroxylation is 2. The van der Waals surface area contributed by atoms with Gasteiger partial charge in [-0.05, 0) is 62.4 Å². The Morgan fingerprint density at radius 2 is 1.97 bits per heavy atom. The lowest BCUT2D eigenvalue weighted by molar-refractivity contribution is -0.119. The van der Waals surface area contributed by atoms with E-state index >= 15 is 0 Å². The van der Waals surface area contributed by atoms with Gasteiger partial charge in [-0.1, -0.05) is 0 Å². The number of carbonyl (C=O) groups excluding carboxylic acids is 1. The van der Waals surface area contributed by atoms with E-state index in [2.05, 4.69) is 53.2 Å². The molecule has 3 N–H and O–H groups in total. The third-order valence-electron chi connectivity index (χ3n) is 6.07. The molecule has 0 spiro atoms. The predicted octanol–water partition coefficient (Wildman–Crippen LogP) is 3.39. The number of rotatable bonds is 5. The van der Waals surface area contributed by atoms with E-state index in [-0.39, 0.29) is 11.9 Å². The van der Waals surface area contributed by atoms with Crippen LogP contribution in [0.4, 0.5) is 17.6 Å². The lowest BCUT2D eigenvalue weighted by atomic mass is 10.0. The molecule has 3 aromatic heterocycles. The molecule has 1 aliphatic rings. The van der Waals surface area contributed by atoms with E-state index in [1.807, 2.05) is 15.7 Å². The Labute approximate surface area is 189 Å². The molecule has 5 rings (SSSR count). The number of nitrogens with two attached hydrogens (primary N) is 1. The second-order valence-electron chi connectivity index (χ2n) is 8.13. The van der Waals surface area contributed by atoms with Crippen molar-refractivity contribution in [1.82, 2.24) is 24.5 Å². The highest BCUT2D eigenvalue weighted by Crippen LogP contribution is 2.32. The highest BCUT2D eigenvalue weighted by molar-refractivity contribution is 7.16. The largest absolute Gasteiger partial charge is 0.368 e. The first-order chi connectivity index (χ1) is 15.4. The molecule has 0 unspecified atom stereocenters. The molecule has 1 amide bonds. The molecular formula is C22H24N8OS. The number of nitrogens with zero attached hydrogens (tertiary/aromatic N) is 6. The summed E-state index contributed by atoms with van der Waals surface area (Å²) in [7, 11) is 0. The average Bonchev–Trinajstić information content (AvgIpc) is 3.51. The molecule has 0 radical (unpaired) electrons. The molecule has 4 aromatic rings. The van der Waals surface area contributed by atoms with Gasteiger partial charge in [-0.15, -0.1) is 11.3 Å². The zero-order chi connectivity index (χ0) is 22.4. The smallest absolute Gasteiger partial charge is 0.240 e. The molecule has 9 nitrogen and oxygen atoms in total. The van der Waals surface area contributed by atoms with E-state index in [0.29, 0.717) is 36.1 Å². The Bertz CT molecular complexity index is 1300. The van der Waals surface area contributed by atoms with E-state index < -0.39 is 0 Å². The Balaban J connectivity index is 1.47. The fraction of sp³-hybridized carbons (Fsp3) is 0.318. The van der Waals surface area contributed by atoms with Gasteiger partial charge in [0.05, 0.1) is 11.7 Å². The first-order valence-corrected chi connectivity index (χ1v) is 11.3. The highest BCUT2D eigenvalue weighted by atomic mass is 32.1. The van der Waals surface area contributed by atoms with Gasteiger partial charge in [0.25, 0.3) is 0 Å². The van der Waals surface area contributed by atoms with Gasteiger partial charge in [0, 0.05) is 12.2 Å². The van der Waals surface area contributed by atoms with Gasteiger partial charge < -0.3 is 20.5 Å². The maximum Gasteiger partial charge on any atom is 0.240 e. The molecule has 1 fully saturated rings. The van der Waals surface area contributed by atoms with Gasteiger partial charge in [0.1, 0.15) is 17.9 Å². The topological polar surface area (TPSA) is 115 Å². The molecule has 164 valence electrons. The van der Waals surface area contributed by atoms with Crippen molar-refractivity contribution in [1.29, 1.82) is 0 Å². The number of imidazole rings is 1. The quantitative estimate of drug-likeness (QED) is 0.481. The minimum atomic E-state index is -0.380. The number of carbonyl (C=O) groups is 1. The van der Waals surface area contributed by atoms with Crippen LogP contribution >= 0.6 is 11.3 Å². The first-order valence-electron chi connectivity index (χ1n) is 10.5. The summed E-state index contributed by atoms with van der Waals surface area (Å²) in [5.74, 6) is 1.32. The third kappa shape index (κ3) is 3.56. The predicted molar refractivity (Wildman–Crippen MR) is 126 cm³/mol. The lowest BCUT2D eigenvalue weighted by Gasteiger charge is -2.23. The highest BCUT2D eigenvalue weighted by Gasteiger charge is 2.32. The number of benzene rings is 1. The Hall–Kier alpha value is -3.53. The molecule has 1 saturated heterocycles. The standard InChI is InChI=1S/C22H24N8OS/c1-12-7-15(8-13(2)14(12)3)29-9-17(24-10-29)26-22-27-20(18-21(28-22)32-11-25-18)30-6-4-5-16(30)19(23)31/h7-11,16H,4-6H2,1-3H3,(H2,23,31)(H,26,27,28)/t16-/m0/s1. The molecule has 0 aliphatic carbocycles. The van der Waals surface area contributed by atoms with Crippen molar-refractivity contribution < 1.29 is 4.79 Å². The van der Waals surface area contributed by atoms with Crippen LogP contribution in [0.5, 0.6) is 0 Å². The number of primary amides is 1. The Morgan fingerprint density at radius 1 is 1.19 bits per heavy atom. The van der Waals surface area contributed by atoms with Crippen molar-refractivity contribution in [2.45, 2.75) is 39.7 Å². The van der Waals surface area contributed by atoms with Crippen LogP contribution in [0.2, 0.25) is 0 Å². The summed E-state index contributed by atoms with van der Waals surface area (Å²) in [6.45, 7) is 7.05. The minimum absolute atomic E-state index is 0.346. The Morgan fingerprint density at radius 3 is 2.72 bits per heavy atom. The van der Waals surface area contributed by atoms with E-state index in [4.69, 9.17) is 10.7 Å². The van der Waals surface area contributed by atoms with Gasteiger partial charge in [-0.3, -0.25) is 4.79 Å². The minimum Gasteiger partial charge on any atom is -0.368 e. The number of hydrogen-bond acceptors (Lipinski definition) is 8. The fourth-order valence-electron chi connectivity index (χ4n) is 4.12. The zero-order valence-corrected chi connectivity index (χ0v) is 19.0. The summed E-state index contributed by atoms with van der Waals surface area (Å²) in [6, 6.07) is 3.90. The summed E-state index contributed by atoms with van der Waals surface area (Å²) in [5.41, 5.74) is 12.9. The molecule has 32 heavy (non-hydrogen) atoms. The maximum atomic E-state index is 11.9. The van der Waals surface area contributed by atoms with Gasteiger partial charge >= 0.3 is 0 Å². The van der Waals surface area contributed by atoms with Crippen LogP contribution in [0.1, 0.15) is 29.5 Å². The van der Waals surface area contributed by atoms with Gasteiger partial charge in [0.15, 0.2) is 16.5 Å². The number of hydrogen-bond donors (Lipinski definition) is 2. The zero-order valence-electron chi connectivity index (χ0n) is 18.2. The van der Waals surface area contributed by atoms with Crippen molar-refractivity contribution in [3.63, 3.8) is 0 Å². The SMILES string of the molecule is Cc1cc(-n2cnc(Nc3nc(N4CCC[C@H]4C(N)=O)c4ncsc4n3)c2)cc(C)c1C. The number of amides is 1. The summed E-state index contributed by atoms with van der Waals surface area (Å²) < 4.78 is 1.97. The van der Waals surface area contributed by atoms with Crippen molar-refractivity contribution in [3.8, 4) is 5.69 Å². The van der Waals surface area contributed by atoms with Crippen molar-refractivity contribution in [2.24, 2.45) is 5.73 Å². The Kier molecular flexibility index (Phi) is 5.01. The average molecular weight is 449 g/mol. The molecule has 10 heteroatoms. The number of thiazole rings is 1. The second kappa shape index (κ2) is 7.86. The van der Waals surface area contributed by atoms with Crippen LogP contribution in [0, 0.1) is 20.8 Å². The second-order valence-corrected chi connectivity index (χ2v) is 8.96. The van der Waals surface area contributed by atoms with E-state index in [0.717, 1.165) is 16.9 Å². The summed E-state index contributed by atoms with van der Waals surface area (Å²) in [4.78, 5) is 32.8. The molecular weight excluding hydrogens is 424 g/mol. The number of aromatic nitrogens is 5. The van der Waals surface area contributed by atoms with Gasteiger partial charge in [-0.25, -0.2) is 9.97 Å². The number of fused-ring (bicyclic) bond motifs is 1.